The summed E-state index contributed by atoms with van der Waals surface area (Å²) in [6, 6.07) is 15.9. The van der Waals surface area contributed by atoms with Gasteiger partial charge >= 0.3 is 5.69 Å². The molecular formula is C20H14Cl2N2O2S. The molecule has 4 rings (SSSR count). The second kappa shape index (κ2) is 7.00. The first-order chi connectivity index (χ1) is 12.9. The molecule has 0 bridgehead atoms. The summed E-state index contributed by atoms with van der Waals surface area (Å²) in [5.41, 5.74) is 0.638. The van der Waals surface area contributed by atoms with Crippen molar-refractivity contribution in [1.29, 1.82) is 0 Å². The second-order valence-corrected chi connectivity index (χ2v) is 8.30. The van der Waals surface area contributed by atoms with Crippen molar-refractivity contribution in [3.05, 3.63) is 95.9 Å². The summed E-state index contributed by atoms with van der Waals surface area (Å²) in [6.45, 7) is 2.26. The first-order valence-corrected chi connectivity index (χ1v) is 9.77. The number of aryl methyl sites for hydroxylation is 1. The third-order valence-corrected chi connectivity index (χ3v) is 5.82. The van der Waals surface area contributed by atoms with Crippen LogP contribution in [0.5, 0.6) is 0 Å². The molecule has 0 aliphatic carbocycles. The third kappa shape index (κ3) is 3.34. The molecule has 136 valence electrons. The van der Waals surface area contributed by atoms with E-state index in [1.807, 2.05) is 25.1 Å². The molecule has 0 aliphatic heterocycles. The Morgan fingerprint density at radius 3 is 2.41 bits per heavy atom. The van der Waals surface area contributed by atoms with E-state index in [1.54, 1.807) is 41.0 Å². The zero-order valence-electron chi connectivity index (χ0n) is 14.3. The van der Waals surface area contributed by atoms with Gasteiger partial charge in [-0.25, -0.2) is 9.36 Å². The van der Waals surface area contributed by atoms with E-state index in [2.05, 4.69) is 0 Å². The predicted molar refractivity (Wildman–Crippen MR) is 112 cm³/mol. The molecule has 2 heterocycles. The minimum absolute atomic E-state index is 0.339. The van der Waals surface area contributed by atoms with E-state index in [-0.39, 0.29) is 5.56 Å². The Hall–Kier alpha value is -2.34. The summed E-state index contributed by atoms with van der Waals surface area (Å²) in [4.78, 5) is 27.9. The summed E-state index contributed by atoms with van der Waals surface area (Å²) < 4.78 is 2.80. The number of nitrogens with zero attached hydrogens (tertiary/aromatic N) is 2. The van der Waals surface area contributed by atoms with Gasteiger partial charge < -0.3 is 0 Å². The number of hydrogen-bond acceptors (Lipinski definition) is 3. The van der Waals surface area contributed by atoms with Gasteiger partial charge in [0.05, 0.1) is 17.6 Å². The van der Waals surface area contributed by atoms with Crippen molar-refractivity contribution in [3.63, 3.8) is 0 Å². The lowest BCUT2D eigenvalue weighted by Gasteiger charge is -2.12. The number of rotatable bonds is 3. The Morgan fingerprint density at radius 1 is 0.963 bits per heavy atom. The second-order valence-electron chi connectivity index (χ2n) is 6.19. The molecule has 2 aromatic heterocycles. The Morgan fingerprint density at radius 2 is 1.70 bits per heavy atom. The van der Waals surface area contributed by atoms with Crippen LogP contribution >= 0.6 is 34.5 Å². The fourth-order valence-corrected chi connectivity index (χ4v) is 4.33. The normalized spacial score (nSPS) is 11.2. The predicted octanol–water partition coefficient (Wildman–Crippen LogP) is 4.88. The van der Waals surface area contributed by atoms with Crippen LogP contribution in [-0.4, -0.2) is 9.13 Å². The van der Waals surface area contributed by atoms with Crippen LogP contribution in [0.2, 0.25) is 10.0 Å². The van der Waals surface area contributed by atoms with E-state index in [4.69, 9.17) is 23.2 Å². The molecule has 27 heavy (non-hydrogen) atoms. The molecule has 0 radical (unpaired) electrons. The van der Waals surface area contributed by atoms with Gasteiger partial charge in [-0.3, -0.25) is 9.36 Å². The van der Waals surface area contributed by atoms with Gasteiger partial charge in [0, 0.05) is 14.9 Å². The largest absolute Gasteiger partial charge is 0.337 e. The highest BCUT2D eigenvalue weighted by molar-refractivity contribution is 7.18. The number of thiophene rings is 1. The molecule has 0 spiro atoms. The molecule has 2 aromatic carbocycles. The summed E-state index contributed by atoms with van der Waals surface area (Å²) in [5, 5.41) is 1.61. The standard InChI is InChI=1S/C20H14Cl2N2O2S/c1-12-9-17-18(25)24(16-4-2-3-15(22)10-16)20(26)23(19(17)27-12)11-13-5-7-14(21)8-6-13/h2-10H,11H2,1H3. The highest BCUT2D eigenvalue weighted by Gasteiger charge is 2.17. The fraction of sp³-hybridized carbons (Fsp3) is 0.100. The monoisotopic (exact) mass is 416 g/mol. The van der Waals surface area contributed by atoms with Gasteiger partial charge in [-0.15, -0.1) is 11.3 Å². The van der Waals surface area contributed by atoms with E-state index < -0.39 is 5.69 Å². The summed E-state index contributed by atoms with van der Waals surface area (Å²) in [6.07, 6.45) is 0. The molecule has 0 fully saturated rings. The molecule has 0 saturated heterocycles. The number of benzene rings is 2. The van der Waals surface area contributed by atoms with Crippen molar-refractivity contribution in [3.8, 4) is 5.69 Å². The minimum Gasteiger partial charge on any atom is -0.280 e. The number of hydrogen-bond donors (Lipinski definition) is 0. The SMILES string of the molecule is Cc1cc2c(=O)n(-c3cccc(Cl)c3)c(=O)n(Cc3ccc(Cl)cc3)c2s1. The van der Waals surface area contributed by atoms with Gasteiger partial charge in [0.2, 0.25) is 0 Å². The maximum Gasteiger partial charge on any atom is 0.337 e. The zero-order chi connectivity index (χ0) is 19.1. The van der Waals surface area contributed by atoms with Crippen LogP contribution in [0.4, 0.5) is 0 Å². The highest BCUT2D eigenvalue weighted by atomic mass is 35.5. The number of halogens is 2. The van der Waals surface area contributed by atoms with Gasteiger partial charge in [0.15, 0.2) is 0 Å². The average Bonchev–Trinajstić information content (AvgIpc) is 3.02. The van der Waals surface area contributed by atoms with E-state index in [9.17, 15) is 9.59 Å². The van der Waals surface area contributed by atoms with Crippen molar-refractivity contribution in [2.24, 2.45) is 0 Å². The van der Waals surface area contributed by atoms with Crippen LogP contribution < -0.4 is 11.2 Å². The van der Waals surface area contributed by atoms with Crippen molar-refractivity contribution >= 4 is 44.8 Å². The van der Waals surface area contributed by atoms with Crippen LogP contribution in [0.25, 0.3) is 15.9 Å². The molecule has 0 atom stereocenters. The fourth-order valence-electron chi connectivity index (χ4n) is 3.03. The van der Waals surface area contributed by atoms with E-state index in [0.29, 0.717) is 32.5 Å². The van der Waals surface area contributed by atoms with Crippen molar-refractivity contribution in [1.82, 2.24) is 9.13 Å². The smallest absolute Gasteiger partial charge is 0.280 e. The minimum atomic E-state index is -0.397. The van der Waals surface area contributed by atoms with Gasteiger partial charge in [0.25, 0.3) is 5.56 Å². The van der Waals surface area contributed by atoms with Crippen LogP contribution in [-0.2, 0) is 6.54 Å². The van der Waals surface area contributed by atoms with E-state index in [0.717, 1.165) is 10.4 Å². The maximum absolute atomic E-state index is 13.3. The van der Waals surface area contributed by atoms with Crippen molar-refractivity contribution in [2.45, 2.75) is 13.5 Å². The number of fused-ring (bicyclic) bond motifs is 1. The average molecular weight is 417 g/mol. The lowest BCUT2D eigenvalue weighted by atomic mass is 10.2. The Kier molecular flexibility index (Phi) is 4.68. The summed E-state index contributed by atoms with van der Waals surface area (Å²) in [7, 11) is 0. The molecular weight excluding hydrogens is 403 g/mol. The lowest BCUT2D eigenvalue weighted by Crippen LogP contribution is -2.38. The molecule has 7 heteroatoms. The molecule has 0 amide bonds. The number of aromatic nitrogens is 2. The molecule has 0 saturated carbocycles. The summed E-state index contributed by atoms with van der Waals surface area (Å²) >= 11 is 13.5. The molecule has 4 aromatic rings. The third-order valence-electron chi connectivity index (χ3n) is 4.26. The lowest BCUT2D eigenvalue weighted by molar-refractivity contribution is 0.719. The van der Waals surface area contributed by atoms with E-state index >= 15 is 0 Å². The van der Waals surface area contributed by atoms with Crippen LogP contribution in [0.3, 0.4) is 0 Å². The van der Waals surface area contributed by atoms with Crippen molar-refractivity contribution < 1.29 is 0 Å². The van der Waals surface area contributed by atoms with Gasteiger partial charge in [-0.05, 0) is 48.9 Å². The molecule has 4 nitrogen and oxygen atoms in total. The Balaban J connectivity index is 2.01. The van der Waals surface area contributed by atoms with Crippen LogP contribution in [0.15, 0.2) is 64.2 Å². The van der Waals surface area contributed by atoms with Crippen LogP contribution in [0.1, 0.15) is 10.4 Å². The first-order valence-electron chi connectivity index (χ1n) is 8.20. The Bertz CT molecular complexity index is 1270. The molecule has 0 N–H and O–H groups in total. The highest BCUT2D eigenvalue weighted by Crippen LogP contribution is 2.23. The zero-order valence-corrected chi connectivity index (χ0v) is 16.6. The topological polar surface area (TPSA) is 44.0 Å². The first kappa shape index (κ1) is 18.0. The van der Waals surface area contributed by atoms with Gasteiger partial charge in [-0.2, -0.15) is 0 Å². The van der Waals surface area contributed by atoms with E-state index in [1.165, 1.54) is 15.9 Å². The van der Waals surface area contributed by atoms with Crippen LogP contribution in [0, 0.1) is 6.92 Å². The molecule has 0 unspecified atom stereocenters. The summed E-state index contributed by atoms with van der Waals surface area (Å²) in [5.74, 6) is 0. The van der Waals surface area contributed by atoms with Gasteiger partial charge in [-0.1, -0.05) is 41.4 Å². The van der Waals surface area contributed by atoms with Crippen molar-refractivity contribution in [2.75, 3.05) is 0 Å². The van der Waals surface area contributed by atoms with Gasteiger partial charge in [0.1, 0.15) is 4.83 Å². The quantitative estimate of drug-likeness (QED) is 0.477. The Labute approximate surface area is 168 Å². The maximum atomic E-state index is 13.3. The molecule has 0 aliphatic rings.